The highest BCUT2D eigenvalue weighted by molar-refractivity contribution is 9.10. The Balaban J connectivity index is 1.60. The Morgan fingerprint density at radius 3 is 2.36 bits per heavy atom. The largest absolute Gasteiger partial charge is 0.336 e. The van der Waals surface area contributed by atoms with E-state index >= 15 is 0 Å². The summed E-state index contributed by atoms with van der Waals surface area (Å²) in [6.07, 6.45) is 0. The summed E-state index contributed by atoms with van der Waals surface area (Å²) in [5, 5.41) is 5.79. The first-order chi connectivity index (χ1) is 13.4. The van der Waals surface area contributed by atoms with Crippen molar-refractivity contribution in [1.29, 1.82) is 0 Å². The Bertz CT molecular complexity index is 880. The topological polar surface area (TPSA) is 64.7 Å². The Morgan fingerprint density at radius 1 is 1.00 bits per heavy atom. The molecule has 2 amide bonds. The fraction of sp³-hybridized carbons (Fsp3) is 0.250. The van der Waals surface area contributed by atoms with E-state index in [1.165, 1.54) is 0 Å². The number of anilines is 1. The summed E-state index contributed by atoms with van der Waals surface area (Å²) < 4.78 is 0.895. The standard InChI is InChI=1S/C20H21BrN4O2S/c1-24-9-11-25(12-10-24)19(27)15-3-2-4-17(13-15)22-20(28)23-18(26)14-5-7-16(21)8-6-14/h2-8,13H,9-12H2,1H3,(H2,22,23,26,28). The van der Waals surface area contributed by atoms with Crippen LogP contribution in [0.25, 0.3) is 0 Å². The van der Waals surface area contributed by atoms with E-state index in [2.05, 4.69) is 38.5 Å². The molecule has 1 aliphatic rings. The molecule has 3 rings (SSSR count). The van der Waals surface area contributed by atoms with Gasteiger partial charge >= 0.3 is 0 Å². The second-order valence-electron chi connectivity index (χ2n) is 6.59. The summed E-state index contributed by atoms with van der Waals surface area (Å²) in [7, 11) is 2.05. The van der Waals surface area contributed by atoms with Crippen LogP contribution in [-0.4, -0.2) is 60.0 Å². The average molecular weight is 461 g/mol. The third-order valence-corrected chi connectivity index (χ3v) is 5.22. The van der Waals surface area contributed by atoms with Gasteiger partial charge in [0.25, 0.3) is 11.8 Å². The molecule has 2 aromatic rings. The number of rotatable bonds is 3. The van der Waals surface area contributed by atoms with Gasteiger partial charge in [-0.15, -0.1) is 0 Å². The van der Waals surface area contributed by atoms with Crippen molar-refractivity contribution in [3.63, 3.8) is 0 Å². The molecule has 1 saturated heterocycles. The van der Waals surface area contributed by atoms with Crippen LogP contribution in [0.15, 0.2) is 53.0 Å². The van der Waals surface area contributed by atoms with Crippen LogP contribution in [0.2, 0.25) is 0 Å². The molecule has 0 aliphatic carbocycles. The van der Waals surface area contributed by atoms with Gasteiger partial charge < -0.3 is 15.1 Å². The normalized spacial score (nSPS) is 14.4. The lowest BCUT2D eigenvalue weighted by molar-refractivity contribution is 0.0664. The van der Waals surface area contributed by atoms with Crippen LogP contribution in [0.5, 0.6) is 0 Å². The van der Waals surface area contributed by atoms with E-state index in [9.17, 15) is 9.59 Å². The van der Waals surface area contributed by atoms with E-state index < -0.39 is 0 Å². The van der Waals surface area contributed by atoms with Gasteiger partial charge in [-0.05, 0) is 61.7 Å². The molecule has 1 fully saturated rings. The molecule has 0 unspecified atom stereocenters. The number of thiocarbonyl (C=S) groups is 1. The molecular weight excluding hydrogens is 440 g/mol. The van der Waals surface area contributed by atoms with Gasteiger partial charge in [-0.1, -0.05) is 22.0 Å². The minimum atomic E-state index is -0.297. The van der Waals surface area contributed by atoms with Crippen LogP contribution in [0, 0.1) is 0 Å². The predicted molar refractivity (Wildman–Crippen MR) is 118 cm³/mol. The molecule has 28 heavy (non-hydrogen) atoms. The molecule has 1 aliphatic heterocycles. The van der Waals surface area contributed by atoms with Crippen molar-refractivity contribution in [1.82, 2.24) is 15.1 Å². The van der Waals surface area contributed by atoms with Crippen molar-refractivity contribution in [3.05, 3.63) is 64.1 Å². The SMILES string of the molecule is CN1CCN(C(=O)c2cccc(NC(=S)NC(=O)c3ccc(Br)cc3)c2)CC1. The van der Waals surface area contributed by atoms with Crippen LogP contribution in [0.4, 0.5) is 5.69 Å². The van der Waals surface area contributed by atoms with Gasteiger partial charge in [-0.2, -0.15) is 0 Å². The van der Waals surface area contributed by atoms with Crippen LogP contribution in [-0.2, 0) is 0 Å². The maximum Gasteiger partial charge on any atom is 0.257 e. The van der Waals surface area contributed by atoms with Crippen molar-refractivity contribution >= 4 is 50.8 Å². The number of nitrogens with zero attached hydrogens (tertiary/aromatic N) is 2. The highest BCUT2D eigenvalue weighted by atomic mass is 79.9. The fourth-order valence-electron chi connectivity index (χ4n) is 2.86. The highest BCUT2D eigenvalue weighted by Crippen LogP contribution is 2.14. The molecule has 2 aromatic carbocycles. The first-order valence-corrected chi connectivity index (χ1v) is 10.1. The Labute approximate surface area is 178 Å². The molecule has 2 N–H and O–H groups in total. The van der Waals surface area contributed by atoms with Gasteiger partial charge in [0.1, 0.15) is 0 Å². The lowest BCUT2D eigenvalue weighted by Gasteiger charge is -2.32. The Morgan fingerprint density at radius 2 is 1.68 bits per heavy atom. The number of amides is 2. The summed E-state index contributed by atoms with van der Waals surface area (Å²) in [6, 6.07) is 14.1. The van der Waals surface area contributed by atoms with Gasteiger partial charge in [-0.25, -0.2) is 0 Å². The first-order valence-electron chi connectivity index (χ1n) is 8.88. The van der Waals surface area contributed by atoms with Gasteiger partial charge in [0.2, 0.25) is 0 Å². The third-order valence-electron chi connectivity index (χ3n) is 4.49. The van der Waals surface area contributed by atoms with Gasteiger partial charge in [0.15, 0.2) is 5.11 Å². The molecule has 0 atom stereocenters. The highest BCUT2D eigenvalue weighted by Gasteiger charge is 2.20. The Hall–Kier alpha value is -2.29. The monoisotopic (exact) mass is 460 g/mol. The third kappa shape index (κ3) is 5.37. The van der Waals surface area contributed by atoms with E-state index in [4.69, 9.17) is 12.2 Å². The lowest BCUT2D eigenvalue weighted by atomic mass is 10.1. The number of benzene rings is 2. The molecule has 0 radical (unpaired) electrons. The number of hydrogen-bond acceptors (Lipinski definition) is 4. The zero-order chi connectivity index (χ0) is 20.1. The number of piperazine rings is 1. The van der Waals surface area contributed by atoms with Crippen molar-refractivity contribution in [2.45, 2.75) is 0 Å². The number of likely N-dealkylation sites (N-methyl/N-ethyl adjacent to an activating group) is 1. The summed E-state index contributed by atoms with van der Waals surface area (Å²) in [6.45, 7) is 3.18. The average Bonchev–Trinajstić information content (AvgIpc) is 2.68. The number of carbonyl (C=O) groups excluding carboxylic acids is 2. The van der Waals surface area contributed by atoms with Gasteiger partial charge in [0.05, 0.1) is 0 Å². The van der Waals surface area contributed by atoms with Crippen molar-refractivity contribution < 1.29 is 9.59 Å². The van der Waals surface area contributed by atoms with Crippen molar-refractivity contribution in [2.75, 3.05) is 38.5 Å². The van der Waals surface area contributed by atoms with Crippen molar-refractivity contribution in [3.8, 4) is 0 Å². The molecule has 0 bridgehead atoms. The molecule has 8 heteroatoms. The quantitative estimate of drug-likeness (QED) is 0.689. The van der Waals surface area contributed by atoms with E-state index in [-0.39, 0.29) is 16.9 Å². The van der Waals surface area contributed by atoms with Crippen LogP contribution >= 0.6 is 28.1 Å². The summed E-state index contributed by atoms with van der Waals surface area (Å²) in [4.78, 5) is 29.0. The van der Waals surface area contributed by atoms with E-state index in [1.807, 2.05) is 4.90 Å². The van der Waals surface area contributed by atoms with Crippen LogP contribution in [0.1, 0.15) is 20.7 Å². The molecular formula is C20H21BrN4O2S. The minimum absolute atomic E-state index is 0.00145. The Kier molecular flexibility index (Phi) is 6.77. The maximum atomic E-state index is 12.7. The molecule has 0 saturated carbocycles. The molecule has 0 spiro atoms. The van der Waals surface area contributed by atoms with E-state index in [0.29, 0.717) is 29.9 Å². The smallest absolute Gasteiger partial charge is 0.257 e. The van der Waals surface area contributed by atoms with Crippen molar-refractivity contribution in [2.24, 2.45) is 0 Å². The molecule has 146 valence electrons. The summed E-state index contributed by atoms with van der Waals surface area (Å²) in [5.41, 5.74) is 1.75. The zero-order valence-corrected chi connectivity index (χ0v) is 17.8. The molecule has 6 nitrogen and oxygen atoms in total. The van der Waals surface area contributed by atoms with Gasteiger partial charge in [-0.3, -0.25) is 14.9 Å². The van der Waals surface area contributed by atoms with Crippen LogP contribution < -0.4 is 10.6 Å². The molecule has 1 heterocycles. The number of nitrogens with one attached hydrogen (secondary N) is 2. The molecule has 0 aromatic heterocycles. The van der Waals surface area contributed by atoms with E-state index in [1.54, 1.807) is 48.5 Å². The number of halogens is 1. The lowest BCUT2D eigenvalue weighted by Crippen LogP contribution is -2.47. The number of hydrogen-bond donors (Lipinski definition) is 2. The maximum absolute atomic E-state index is 12.7. The van der Waals surface area contributed by atoms with Crippen LogP contribution in [0.3, 0.4) is 0 Å². The van der Waals surface area contributed by atoms with E-state index in [0.717, 1.165) is 17.6 Å². The van der Waals surface area contributed by atoms with Gasteiger partial charge in [0, 0.05) is 47.5 Å². The summed E-state index contributed by atoms with van der Waals surface area (Å²) in [5.74, 6) is -0.295. The summed E-state index contributed by atoms with van der Waals surface area (Å²) >= 11 is 8.57. The number of carbonyl (C=O) groups is 2. The predicted octanol–water partition coefficient (Wildman–Crippen LogP) is 2.96. The second-order valence-corrected chi connectivity index (χ2v) is 7.92. The fourth-order valence-corrected chi connectivity index (χ4v) is 3.34. The minimum Gasteiger partial charge on any atom is -0.336 e. The second kappa shape index (κ2) is 9.27. The first kappa shape index (κ1) is 20.4. The zero-order valence-electron chi connectivity index (χ0n) is 15.4.